The zero-order valence-electron chi connectivity index (χ0n) is 4.47. The Kier molecular flexibility index (Phi) is 9.09. The van der Waals surface area contributed by atoms with E-state index in [4.69, 9.17) is 0 Å². The van der Waals surface area contributed by atoms with Crippen LogP contribution in [-0.4, -0.2) is 5.78 Å². The van der Waals surface area contributed by atoms with Gasteiger partial charge >= 0.3 is 29.6 Å². The standard InChI is InChI=1S/C4H6O2.Na/c1-4(6)2-3-5;/h2-3,5H,1H3;/q;+1/p-1/b3-2-;. The summed E-state index contributed by atoms with van der Waals surface area (Å²) in [5, 5.41) is 9.34. The number of hydrogen-bond acceptors (Lipinski definition) is 2. The van der Waals surface area contributed by atoms with Crippen molar-refractivity contribution in [2.75, 3.05) is 0 Å². The van der Waals surface area contributed by atoms with Crippen LogP contribution < -0.4 is 34.7 Å². The van der Waals surface area contributed by atoms with E-state index in [1.165, 1.54) is 6.92 Å². The SMILES string of the molecule is CC(=O)/C=C\[O-].[Na+]. The zero-order valence-corrected chi connectivity index (χ0v) is 6.47. The van der Waals surface area contributed by atoms with Crippen LogP contribution in [0, 0.1) is 0 Å². The van der Waals surface area contributed by atoms with Gasteiger partial charge in [-0.2, -0.15) is 0 Å². The van der Waals surface area contributed by atoms with Crippen molar-refractivity contribution in [1.29, 1.82) is 0 Å². The molecule has 3 heteroatoms. The third-order valence-electron chi connectivity index (χ3n) is 0.303. The largest absolute Gasteiger partial charge is 1.00 e. The third-order valence-corrected chi connectivity index (χ3v) is 0.303. The number of carbonyl (C=O) groups is 1. The maximum Gasteiger partial charge on any atom is 1.00 e. The molecule has 7 heavy (non-hydrogen) atoms. The maximum absolute atomic E-state index is 9.76. The Morgan fingerprint density at radius 2 is 2.14 bits per heavy atom. The smallest absolute Gasteiger partial charge is 0.878 e. The zero-order chi connectivity index (χ0) is 4.99. The second-order valence-corrected chi connectivity index (χ2v) is 0.913. The molecule has 0 aromatic heterocycles. The van der Waals surface area contributed by atoms with Gasteiger partial charge in [-0.3, -0.25) is 4.79 Å². The van der Waals surface area contributed by atoms with Gasteiger partial charge in [-0.25, -0.2) is 0 Å². The topological polar surface area (TPSA) is 40.1 Å². The fraction of sp³-hybridized carbons (Fsp3) is 0.250. The molecule has 0 aliphatic carbocycles. The van der Waals surface area contributed by atoms with Crippen molar-refractivity contribution >= 4 is 5.78 Å². The van der Waals surface area contributed by atoms with E-state index in [1.807, 2.05) is 0 Å². The molecule has 0 saturated heterocycles. The number of allylic oxidation sites excluding steroid dienone is 1. The van der Waals surface area contributed by atoms with Crippen LogP contribution in [0.15, 0.2) is 12.3 Å². The molecule has 34 valence electrons. The van der Waals surface area contributed by atoms with E-state index >= 15 is 0 Å². The molecule has 0 fully saturated rings. The van der Waals surface area contributed by atoms with E-state index in [9.17, 15) is 9.90 Å². The molecule has 2 nitrogen and oxygen atoms in total. The fourth-order valence-electron chi connectivity index (χ4n) is 0.0958. The molecule has 0 unspecified atom stereocenters. The summed E-state index contributed by atoms with van der Waals surface area (Å²) in [5.74, 6) is -0.204. The van der Waals surface area contributed by atoms with Crippen molar-refractivity contribution in [3.05, 3.63) is 12.3 Å². The Labute approximate surface area is 64.5 Å². The van der Waals surface area contributed by atoms with E-state index in [0.717, 1.165) is 6.08 Å². The van der Waals surface area contributed by atoms with Crippen LogP contribution in [0.3, 0.4) is 0 Å². The molecule has 0 saturated carbocycles. The molecule has 0 aliphatic heterocycles. The van der Waals surface area contributed by atoms with E-state index in [0.29, 0.717) is 6.26 Å². The van der Waals surface area contributed by atoms with Crippen LogP contribution in [0.5, 0.6) is 0 Å². The Morgan fingerprint density at radius 3 is 2.14 bits per heavy atom. The molecule has 0 atom stereocenters. The first kappa shape index (κ1) is 10.2. The molecule has 0 aromatic rings. The van der Waals surface area contributed by atoms with Crippen LogP contribution >= 0.6 is 0 Å². The van der Waals surface area contributed by atoms with E-state index in [2.05, 4.69) is 0 Å². The molecule has 0 bridgehead atoms. The Balaban J connectivity index is 0. The fourth-order valence-corrected chi connectivity index (χ4v) is 0.0958. The molecular formula is C4H5NaO2. The van der Waals surface area contributed by atoms with Crippen molar-refractivity contribution < 1.29 is 39.5 Å². The van der Waals surface area contributed by atoms with Crippen molar-refractivity contribution in [2.45, 2.75) is 6.92 Å². The summed E-state index contributed by atoms with van der Waals surface area (Å²) in [6, 6.07) is 0. The van der Waals surface area contributed by atoms with Gasteiger partial charge in [0.05, 0.1) is 0 Å². The first-order chi connectivity index (χ1) is 2.77. The molecule has 0 rings (SSSR count). The summed E-state index contributed by atoms with van der Waals surface area (Å²) in [4.78, 5) is 9.76. The molecular weight excluding hydrogens is 103 g/mol. The monoisotopic (exact) mass is 108 g/mol. The number of rotatable bonds is 1. The minimum atomic E-state index is -0.204. The van der Waals surface area contributed by atoms with Gasteiger partial charge in [0, 0.05) is 0 Å². The summed E-state index contributed by atoms with van der Waals surface area (Å²) in [5.41, 5.74) is 0. The van der Waals surface area contributed by atoms with Gasteiger partial charge in [0.25, 0.3) is 0 Å². The van der Waals surface area contributed by atoms with Crippen molar-refractivity contribution in [1.82, 2.24) is 0 Å². The predicted molar refractivity (Wildman–Crippen MR) is 19.8 cm³/mol. The minimum Gasteiger partial charge on any atom is -0.878 e. The summed E-state index contributed by atoms with van der Waals surface area (Å²) >= 11 is 0. The van der Waals surface area contributed by atoms with Crippen molar-refractivity contribution in [3.8, 4) is 0 Å². The van der Waals surface area contributed by atoms with E-state index < -0.39 is 0 Å². The third kappa shape index (κ3) is 10.7. The molecule has 0 N–H and O–H groups in total. The second kappa shape index (κ2) is 6.21. The molecule has 0 spiro atoms. The van der Waals surface area contributed by atoms with Gasteiger partial charge < -0.3 is 5.11 Å². The second-order valence-electron chi connectivity index (χ2n) is 0.913. The average Bonchev–Trinajstić information content (AvgIpc) is 1.35. The Hall–Kier alpha value is 0.210. The maximum atomic E-state index is 9.76. The van der Waals surface area contributed by atoms with Gasteiger partial charge in [-0.15, -0.1) is 6.26 Å². The van der Waals surface area contributed by atoms with E-state index in [-0.39, 0.29) is 35.3 Å². The molecule has 0 aliphatic rings. The van der Waals surface area contributed by atoms with Gasteiger partial charge in [-0.05, 0) is 13.0 Å². The number of hydrogen-bond donors (Lipinski definition) is 0. The minimum absolute atomic E-state index is 0. The molecule has 0 radical (unpaired) electrons. The number of ketones is 1. The molecule has 0 amide bonds. The summed E-state index contributed by atoms with van der Waals surface area (Å²) in [7, 11) is 0. The van der Waals surface area contributed by atoms with E-state index in [1.54, 1.807) is 0 Å². The van der Waals surface area contributed by atoms with Gasteiger partial charge in [0.2, 0.25) is 0 Å². The van der Waals surface area contributed by atoms with Crippen LogP contribution in [0.25, 0.3) is 0 Å². The molecule has 0 aromatic carbocycles. The quantitative estimate of drug-likeness (QED) is 0.198. The van der Waals surface area contributed by atoms with Crippen LogP contribution in [0.1, 0.15) is 6.92 Å². The van der Waals surface area contributed by atoms with Gasteiger partial charge in [0.15, 0.2) is 5.78 Å². The predicted octanol–water partition coefficient (Wildman–Crippen LogP) is -3.55. The van der Waals surface area contributed by atoms with Crippen LogP contribution in [0.4, 0.5) is 0 Å². The van der Waals surface area contributed by atoms with Crippen molar-refractivity contribution in [2.24, 2.45) is 0 Å². The Bertz CT molecular complexity index is 77.8. The van der Waals surface area contributed by atoms with Crippen LogP contribution in [-0.2, 0) is 4.79 Å². The first-order valence-electron chi connectivity index (χ1n) is 1.56. The molecule has 0 heterocycles. The van der Waals surface area contributed by atoms with Gasteiger partial charge in [-0.1, -0.05) is 0 Å². The van der Waals surface area contributed by atoms with Crippen LogP contribution in [0.2, 0.25) is 0 Å². The normalized spacial score (nSPS) is 8.14. The van der Waals surface area contributed by atoms with Gasteiger partial charge in [0.1, 0.15) is 0 Å². The Morgan fingerprint density at radius 1 is 1.71 bits per heavy atom. The average molecular weight is 108 g/mol. The first-order valence-corrected chi connectivity index (χ1v) is 1.56. The van der Waals surface area contributed by atoms with Crippen molar-refractivity contribution in [3.63, 3.8) is 0 Å². The summed E-state index contributed by atoms with van der Waals surface area (Å²) in [6.07, 6.45) is 1.45. The summed E-state index contributed by atoms with van der Waals surface area (Å²) < 4.78 is 0. The number of carbonyl (C=O) groups excluding carboxylic acids is 1. The summed E-state index contributed by atoms with van der Waals surface area (Å²) in [6.45, 7) is 1.33.